The van der Waals surface area contributed by atoms with Crippen LogP contribution in [0, 0.1) is 6.92 Å². The Labute approximate surface area is 99.8 Å². The van der Waals surface area contributed by atoms with Gasteiger partial charge in [0.2, 0.25) is 5.89 Å². The van der Waals surface area contributed by atoms with Crippen molar-refractivity contribution < 1.29 is 4.42 Å². The smallest absolute Gasteiger partial charge is 0.251 e. The Morgan fingerprint density at radius 1 is 1.47 bits per heavy atom. The summed E-state index contributed by atoms with van der Waals surface area (Å²) < 4.78 is 5.62. The molecule has 2 N–H and O–H groups in total. The van der Waals surface area contributed by atoms with Gasteiger partial charge in [-0.3, -0.25) is 5.10 Å². The summed E-state index contributed by atoms with van der Waals surface area (Å²) in [5, 5.41) is 18.2. The molecule has 17 heavy (non-hydrogen) atoms. The van der Waals surface area contributed by atoms with Gasteiger partial charge in [0.05, 0.1) is 17.8 Å². The average molecular weight is 235 g/mol. The zero-order valence-corrected chi connectivity index (χ0v) is 10.3. The third kappa shape index (κ3) is 2.52. The lowest BCUT2D eigenvalue weighted by atomic mass is 10.3. The van der Waals surface area contributed by atoms with Gasteiger partial charge in [0, 0.05) is 5.69 Å². The molecule has 0 aliphatic heterocycles. The number of rotatable bonds is 5. The van der Waals surface area contributed by atoms with Gasteiger partial charge >= 0.3 is 0 Å². The van der Waals surface area contributed by atoms with Crippen LogP contribution in [0.3, 0.4) is 0 Å². The molecule has 0 saturated carbocycles. The van der Waals surface area contributed by atoms with Crippen molar-refractivity contribution in [3.05, 3.63) is 17.8 Å². The summed E-state index contributed by atoms with van der Waals surface area (Å²) in [7, 11) is 0. The van der Waals surface area contributed by atoms with Crippen LogP contribution in [0.5, 0.6) is 0 Å². The molecule has 92 valence electrons. The average Bonchev–Trinajstić information content (AvgIpc) is 2.93. The minimum Gasteiger partial charge on any atom is -0.419 e. The molecule has 0 spiro atoms. The van der Waals surface area contributed by atoms with Crippen LogP contribution in [0.1, 0.15) is 37.9 Å². The number of hydrogen-bond acceptors (Lipinski definition) is 5. The predicted molar refractivity (Wildman–Crippen MR) is 63.3 cm³/mol. The van der Waals surface area contributed by atoms with Crippen LogP contribution >= 0.6 is 0 Å². The monoisotopic (exact) mass is 235 g/mol. The van der Waals surface area contributed by atoms with Crippen molar-refractivity contribution in [2.45, 2.75) is 33.2 Å². The van der Waals surface area contributed by atoms with E-state index in [0.717, 1.165) is 24.2 Å². The van der Waals surface area contributed by atoms with E-state index in [1.54, 1.807) is 6.20 Å². The van der Waals surface area contributed by atoms with E-state index in [2.05, 4.69) is 32.6 Å². The third-order valence-corrected chi connectivity index (χ3v) is 2.57. The predicted octanol–water partition coefficient (Wildman–Crippen LogP) is 1.83. The van der Waals surface area contributed by atoms with Gasteiger partial charge in [0.15, 0.2) is 0 Å². The van der Waals surface area contributed by atoms with Crippen molar-refractivity contribution in [1.82, 2.24) is 25.7 Å². The number of aryl methyl sites for hydroxylation is 1. The van der Waals surface area contributed by atoms with Crippen LogP contribution in [0.25, 0.3) is 11.5 Å². The molecule has 0 radical (unpaired) electrons. The van der Waals surface area contributed by atoms with E-state index in [9.17, 15) is 0 Å². The standard InChI is InChI=1S/C11H17N5O/c1-4-5-12-8(3)10-15-16-11(17-10)9-6-13-14-7(9)2/h6,8,12H,4-5H2,1-3H3,(H,13,14). The van der Waals surface area contributed by atoms with Crippen LogP contribution in [-0.2, 0) is 0 Å². The second kappa shape index (κ2) is 5.09. The molecule has 0 amide bonds. The first-order chi connectivity index (χ1) is 8.22. The highest BCUT2D eigenvalue weighted by molar-refractivity contribution is 5.53. The zero-order chi connectivity index (χ0) is 12.3. The first kappa shape index (κ1) is 11.8. The van der Waals surface area contributed by atoms with Gasteiger partial charge in [-0.05, 0) is 26.8 Å². The van der Waals surface area contributed by atoms with E-state index >= 15 is 0 Å². The molecule has 0 saturated heterocycles. The van der Waals surface area contributed by atoms with Crippen molar-refractivity contribution in [3.63, 3.8) is 0 Å². The summed E-state index contributed by atoms with van der Waals surface area (Å²) in [4.78, 5) is 0. The molecule has 1 unspecified atom stereocenters. The van der Waals surface area contributed by atoms with Gasteiger partial charge in [-0.15, -0.1) is 10.2 Å². The second-order valence-electron chi connectivity index (χ2n) is 4.03. The van der Waals surface area contributed by atoms with Crippen LogP contribution in [0.2, 0.25) is 0 Å². The van der Waals surface area contributed by atoms with E-state index in [0.29, 0.717) is 11.8 Å². The topological polar surface area (TPSA) is 79.6 Å². The fraction of sp³-hybridized carbons (Fsp3) is 0.545. The molecular formula is C11H17N5O. The number of nitrogens with one attached hydrogen (secondary N) is 2. The van der Waals surface area contributed by atoms with E-state index < -0.39 is 0 Å². The Bertz CT molecular complexity index is 476. The molecule has 6 heteroatoms. The molecule has 0 aromatic carbocycles. The molecule has 2 aromatic rings. The van der Waals surface area contributed by atoms with E-state index in [1.807, 2.05) is 13.8 Å². The van der Waals surface area contributed by atoms with Gasteiger partial charge < -0.3 is 9.73 Å². The molecule has 0 bridgehead atoms. The summed E-state index contributed by atoms with van der Waals surface area (Å²) in [6.45, 7) is 6.98. The Hall–Kier alpha value is -1.69. The number of hydrogen-bond donors (Lipinski definition) is 2. The maximum absolute atomic E-state index is 5.62. The van der Waals surface area contributed by atoms with Crippen molar-refractivity contribution in [3.8, 4) is 11.5 Å². The third-order valence-electron chi connectivity index (χ3n) is 2.57. The lowest BCUT2D eigenvalue weighted by molar-refractivity contribution is 0.423. The lowest BCUT2D eigenvalue weighted by Crippen LogP contribution is -2.19. The Morgan fingerprint density at radius 3 is 2.94 bits per heavy atom. The van der Waals surface area contributed by atoms with Gasteiger partial charge in [-0.2, -0.15) is 5.10 Å². The minimum absolute atomic E-state index is 0.0726. The van der Waals surface area contributed by atoms with Gasteiger partial charge in [0.25, 0.3) is 5.89 Å². The van der Waals surface area contributed by atoms with Crippen LogP contribution in [-0.4, -0.2) is 26.9 Å². The lowest BCUT2D eigenvalue weighted by Gasteiger charge is -2.07. The van der Waals surface area contributed by atoms with E-state index in [4.69, 9.17) is 4.42 Å². The molecule has 0 aliphatic carbocycles. The van der Waals surface area contributed by atoms with Crippen LogP contribution in [0.4, 0.5) is 0 Å². The quantitative estimate of drug-likeness (QED) is 0.826. The van der Waals surface area contributed by atoms with Crippen LogP contribution in [0.15, 0.2) is 10.6 Å². The molecular weight excluding hydrogens is 218 g/mol. The first-order valence-corrected chi connectivity index (χ1v) is 5.79. The normalized spacial score (nSPS) is 12.9. The van der Waals surface area contributed by atoms with Gasteiger partial charge in [0.1, 0.15) is 0 Å². The van der Waals surface area contributed by atoms with Gasteiger partial charge in [-0.1, -0.05) is 6.92 Å². The highest BCUT2D eigenvalue weighted by Gasteiger charge is 2.16. The summed E-state index contributed by atoms with van der Waals surface area (Å²) in [5.74, 6) is 1.12. The molecule has 6 nitrogen and oxygen atoms in total. The Morgan fingerprint density at radius 2 is 2.29 bits per heavy atom. The van der Waals surface area contributed by atoms with Crippen molar-refractivity contribution >= 4 is 0 Å². The van der Waals surface area contributed by atoms with Crippen molar-refractivity contribution in [2.75, 3.05) is 6.54 Å². The van der Waals surface area contributed by atoms with Crippen molar-refractivity contribution in [2.24, 2.45) is 0 Å². The Kier molecular flexibility index (Phi) is 3.53. The number of aromatic nitrogens is 4. The summed E-state index contributed by atoms with van der Waals surface area (Å²) >= 11 is 0. The number of aromatic amines is 1. The highest BCUT2D eigenvalue weighted by atomic mass is 16.4. The molecule has 2 aromatic heterocycles. The Balaban J connectivity index is 2.13. The van der Waals surface area contributed by atoms with E-state index in [1.165, 1.54) is 0 Å². The molecule has 1 atom stereocenters. The van der Waals surface area contributed by atoms with Crippen molar-refractivity contribution in [1.29, 1.82) is 0 Å². The minimum atomic E-state index is 0.0726. The summed E-state index contributed by atoms with van der Waals surface area (Å²) in [6.07, 6.45) is 2.77. The molecule has 2 heterocycles. The maximum Gasteiger partial charge on any atom is 0.251 e. The maximum atomic E-state index is 5.62. The fourth-order valence-corrected chi connectivity index (χ4v) is 1.53. The number of nitrogens with zero attached hydrogens (tertiary/aromatic N) is 3. The molecule has 0 fully saturated rings. The fourth-order valence-electron chi connectivity index (χ4n) is 1.53. The van der Waals surface area contributed by atoms with E-state index in [-0.39, 0.29) is 6.04 Å². The molecule has 2 rings (SSSR count). The van der Waals surface area contributed by atoms with Gasteiger partial charge in [-0.25, -0.2) is 0 Å². The SMILES string of the molecule is CCCNC(C)c1nnc(-c2cn[nH]c2C)o1. The largest absolute Gasteiger partial charge is 0.419 e. The molecule has 0 aliphatic rings. The summed E-state index contributed by atoms with van der Waals surface area (Å²) in [6, 6.07) is 0.0726. The first-order valence-electron chi connectivity index (χ1n) is 5.79. The summed E-state index contributed by atoms with van der Waals surface area (Å²) in [5.41, 5.74) is 1.78. The second-order valence-corrected chi connectivity index (χ2v) is 4.03. The highest BCUT2D eigenvalue weighted by Crippen LogP contribution is 2.21. The number of H-pyrrole nitrogens is 1. The zero-order valence-electron chi connectivity index (χ0n) is 10.3. The van der Waals surface area contributed by atoms with Crippen LogP contribution < -0.4 is 5.32 Å².